The van der Waals surface area contributed by atoms with Gasteiger partial charge in [0.1, 0.15) is 28.2 Å². The standard InChI is InChI=1S/C30H30O7/c1-13(2)7-9-16-20(31)12-21-23(25(16)32)27(34)19-11-18(15(5)6)22-24(30(19)37-21)26(33)17(10-8-14(3)4)28(35)29(22)36/h7-8,12,17-18,31-32H,5,9-11H2,1-4,6H3/t17?,18-/m1/s1. The van der Waals surface area contributed by atoms with Crippen LogP contribution in [0.3, 0.4) is 0 Å². The minimum absolute atomic E-state index is 0.000396. The Morgan fingerprint density at radius 3 is 2.27 bits per heavy atom. The maximum Gasteiger partial charge on any atom is 0.226 e. The monoisotopic (exact) mass is 502 g/mol. The molecule has 7 nitrogen and oxygen atoms in total. The molecule has 4 rings (SSSR count). The lowest BCUT2D eigenvalue weighted by molar-refractivity contribution is -0.140. The molecule has 2 aliphatic rings. The van der Waals surface area contributed by atoms with Crippen LogP contribution in [0.1, 0.15) is 57.9 Å². The van der Waals surface area contributed by atoms with Crippen LogP contribution in [-0.2, 0) is 27.2 Å². The van der Waals surface area contributed by atoms with E-state index in [4.69, 9.17) is 4.42 Å². The average Bonchev–Trinajstić information content (AvgIpc) is 2.80. The topological polar surface area (TPSA) is 122 Å². The van der Waals surface area contributed by atoms with Crippen molar-refractivity contribution in [1.29, 1.82) is 0 Å². The number of carbonyl (C=O) groups is 3. The lowest BCUT2D eigenvalue weighted by Crippen LogP contribution is -2.42. The van der Waals surface area contributed by atoms with Gasteiger partial charge in [-0.05, 0) is 53.9 Å². The van der Waals surface area contributed by atoms with E-state index in [-0.39, 0.29) is 64.0 Å². The summed E-state index contributed by atoms with van der Waals surface area (Å²) >= 11 is 0. The van der Waals surface area contributed by atoms with Crippen molar-refractivity contribution < 1.29 is 29.0 Å². The number of ketones is 3. The van der Waals surface area contributed by atoms with Gasteiger partial charge in [-0.1, -0.05) is 35.5 Å². The molecule has 0 bridgehead atoms. The Morgan fingerprint density at radius 1 is 1.03 bits per heavy atom. The summed E-state index contributed by atoms with van der Waals surface area (Å²) in [6.07, 6.45) is 3.79. The van der Waals surface area contributed by atoms with E-state index in [1.807, 2.05) is 33.8 Å². The maximum atomic E-state index is 13.7. The highest BCUT2D eigenvalue weighted by atomic mass is 16.3. The van der Waals surface area contributed by atoms with Crippen molar-refractivity contribution >= 4 is 33.9 Å². The number of phenolic OH excluding ortho intramolecular Hbond substituents is 2. The molecule has 1 unspecified atom stereocenters. The molecule has 0 saturated carbocycles. The maximum absolute atomic E-state index is 13.7. The summed E-state index contributed by atoms with van der Waals surface area (Å²) in [7, 11) is 0. The molecule has 7 heteroatoms. The normalized spacial score (nSPS) is 19.0. The molecule has 37 heavy (non-hydrogen) atoms. The molecular formula is C30H30O7. The van der Waals surface area contributed by atoms with Crippen molar-refractivity contribution in [3.8, 4) is 11.5 Å². The Kier molecular flexibility index (Phi) is 6.67. The predicted octanol–water partition coefficient (Wildman–Crippen LogP) is 4.91. The molecule has 2 aliphatic carbocycles. The van der Waals surface area contributed by atoms with E-state index in [1.54, 1.807) is 13.0 Å². The number of benzene rings is 1. The second kappa shape index (κ2) is 9.47. The van der Waals surface area contributed by atoms with E-state index < -0.39 is 40.4 Å². The molecule has 1 heterocycles. The van der Waals surface area contributed by atoms with Crippen molar-refractivity contribution in [1.82, 2.24) is 0 Å². The lowest BCUT2D eigenvalue weighted by atomic mass is 9.68. The summed E-state index contributed by atoms with van der Waals surface area (Å²) in [6, 6.07) is 1.23. The molecule has 2 atom stereocenters. The number of carbonyl (C=O) groups excluding carboxylic acids is 3. The molecule has 0 aliphatic heterocycles. The molecule has 0 radical (unpaired) electrons. The molecule has 2 aromatic rings. The molecule has 2 N–H and O–H groups in total. The smallest absolute Gasteiger partial charge is 0.226 e. The number of hydrogen-bond donors (Lipinski definition) is 2. The third-order valence-electron chi connectivity index (χ3n) is 7.01. The number of fused-ring (bicyclic) bond motifs is 3. The third-order valence-corrected chi connectivity index (χ3v) is 7.01. The number of Topliss-reactive ketones (excluding diaryl/α,β-unsaturated/α-hetero) is 3. The molecule has 1 aromatic heterocycles. The summed E-state index contributed by atoms with van der Waals surface area (Å²) in [6.45, 7) is 13.0. The van der Waals surface area contributed by atoms with Crippen LogP contribution in [0.4, 0.5) is 0 Å². The van der Waals surface area contributed by atoms with Crippen LogP contribution in [0.25, 0.3) is 16.5 Å². The van der Waals surface area contributed by atoms with Crippen LogP contribution in [-0.4, -0.2) is 27.6 Å². The molecule has 0 spiro atoms. The van der Waals surface area contributed by atoms with Gasteiger partial charge in [-0.25, -0.2) is 0 Å². The second-order valence-electron chi connectivity index (χ2n) is 10.3. The SMILES string of the molecule is C=C(C)[C@H]1Cc2c(oc3cc(O)c(CC=C(C)C)c(O)c3c2=O)C2=C1C(=O)C(=O)C(CC=C(C)C)C2=O. The Balaban J connectivity index is 2.03. The van der Waals surface area contributed by atoms with Crippen molar-refractivity contribution in [2.75, 3.05) is 0 Å². The molecule has 192 valence electrons. The van der Waals surface area contributed by atoms with Crippen LogP contribution in [0.15, 0.2) is 56.3 Å². The van der Waals surface area contributed by atoms with Gasteiger partial charge in [-0.2, -0.15) is 0 Å². The number of allylic oxidation sites excluding steroid dienone is 7. The highest BCUT2D eigenvalue weighted by molar-refractivity contribution is 6.56. The van der Waals surface area contributed by atoms with E-state index in [0.717, 1.165) is 11.1 Å². The lowest BCUT2D eigenvalue weighted by Gasteiger charge is -2.32. The largest absolute Gasteiger partial charge is 0.507 e. The predicted molar refractivity (Wildman–Crippen MR) is 140 cm³/mol. The van der Waals surface area contributed by atoms with E-state index in [1.165, 1.54) is 6.07 Å². The summed E-state index contributed by atoms with van der Waals surface area (Å²) < 4.78 is 6.01. The minimum Gasteiger partial charge on any atom is -0.507 e. The zero-order valence-electron chi connectivity index (χ0n) is 21.7. The van der Waals surface area contributed by atoms with Gasteiger partial charge in [-0.15, -0.1) is 0 Å². The Morgan fingerprint density at radius 2 is 1.68 bits per heavy atom. The fourth-order valence-electron chi connectivity index (χ4n) is 4.98. The first-order chi connectivity index (χ1) is 17.3. The molecule has 0 fully saturated rings. The molecule has 0 saturated heterocycles. The number of aromatic hydroxyl groups is 2. The average molecular weight is 503 g/mol. The summed E-state index contributed by atoms with van der Waals surface area (Å²) in [5.41, 5.74) is 1.95. The zero-order chi connectivity index (χ0) is 27.3. The number of phenols is 2. The quantitative estimate of drug-likeness (QED) is 0.338. The van der Waals surface area contributed by atoms with Crippen LogP contribution in [0.5, 0.6) is 11.5 Å². The van der Waals surface area contributed by atoms with Crippen LogP contribution < -0.4 is 5.43 Å². The van der Waals surface area contributed by atoms with Crippen molar-refractivity contribution in [3.05, 3.63) is 74.2 Å². The summed E-state index contributed by atoms with van der Waals surface area (Å²) in [4.78, 5) is 53.7. The molecular weight excluding hydrogens is 472 g/mol. The van der Waals surface area contributed by atoms with E-state index in [2.05, 4.69) is 6.58 Å². The first-order valence-corrected chi connectivity index (χ1v) is 12.2. The number of hydrogen-bond acceptors (Lipinski definition) is 7. The number of rotatable bonds is 5. The van der Waals surface area contributed by atoms with Crippen molar-refractivity contribution in [2.45, 2.75) is 53.9 Å². The van der Waals surface area contributed by atoms with Crippen LogP contribution >= 0.6 is 0 Å². The van der Waals surface area contributed by atoms with Gasteiger partial charge < -0.3 is 14.6 Å². The van der Waals surface area contributed by atoms with E-state index in [9.17, 15) is 29.4 Å². The van der Waals surface area contributed by atoms with E-state index >= 15 is 0 Å². The minimum atomic E-state index is -1.22. The Labute approximate surface area is 214 Å². The fraction of sp³-hybridized carbons (Fsp3) is 0.333. The van der Waals surface area contributed by atoms with Gasteiger partial charge in [0.2, 0.25) is 11.6 Å². The molecule has 0 amide bonds. The van der Waals surface area contributed by atoms with Gasteiger partial charge >= 0.3 is 0 Å². The van der Waals surface area contributed by atoms with Crippen molar-refractivity contribution in [2.24, 2.45) is 11.8 Å². The highest BCUT2D eigenvalue weighted by Crippen LogP contribution is 2.45. The Hall–Kier alpha value is -4.00. The second-order valence-corrected chi connectivity index (χ2v) is 10.3. The summed E-state index contributed by atoms with van der Waals surface area (Å²) in [5.74, 6) is -4.82. The van der Waals surface area contributed by atoms with Gasteiger partial charge in [-0.3, -0.25) is 19.2 Å². The van der Waals surface area contributed by atoms with Gasteiger partial charge in [0.05, 0.1) is 11.5 Å². The Bertz CT molecular complexity index is 1550. The first kappa shape index (κ1) is 26.1. The highest BCUT2D eigenvalue weighted by Gasteiger charge is 2.48. The third kappa shape index (κ3) is 4.28. The first-order valence-electron chi connectivity index (χ1n) is 12.2. The van der Waals surface area contributed by atoms with Crippen LogP contribution in [0.2, 0.25) is 0 Å². The van der Waals surface area contributed by atoms with Gasteiger partial charge in [0, 0.05) is 28.7 Å². The zero-order valence-corrected chi connectivity index (χ0v) is 21.7. The fourth-order valence-corrected chi connectivity index (χ4v) is 4.98. The van der Waals surface area contributed by atoms with Crippen LogP contribution in [0, 0.1) is 11.8 Å². The van der Waals surface area contributed by atoms with Crippen molar-refractivity contribution in [3.63, 3.8) is 0 Å². The molecule has 1 aromatic carbocycles. The van der Waals surface area contributed by atoms with Gasteiger partial charge in [0.15, 0.2) is 11.2 Å². The summed E-state index contributed by atoms with van der Waals surface area (Å²) in [5, 5.41) is 21.5. The van der Waals surface area contributed by atoms with E-state index in [0.29, 0.717) is 5.57 Å². The van der Waals surface area contributed by atoms with Gasteiger partial charge in [0.25, 0.3) is 0 Å².